The van der Waals surface area contributed by atoms with Crippen LogP contribution in [0.3, 0.4) is 0 Å². The summed E-state index contributed by atoms with van der Waals surface area (Å²) in [6, 6.07) is 16.8. The maximum atomic E-state index is 6.12. The van der Waals surface area contributed by atoms with Crippen LogP contribution in [0, 0.1) is 6.92 Å². The third-order valence-corrected chi connectivity index (χ3v) is 3.58. The molecule has 0 aliphatic heterocycles. The summed E-state index contributed by atoms with van der Waals surface area (Å²) in [6.45, 7) is 2.15. The average molecular weight is 238 g/mol. The zero-order valence-corrected chi connectivity index (χ0v) is 10.7. The lowest BCUT2D eigenvalue weighted by molar-refractivity contribution is 0.183. The van der Waals surface area contributed by atoms with Crippen LogP contribution in [0.5, 0.6) is 5.75 Å². The molecule has 0 aromatic heterocycles. The molecule has 0 saturated carbocycles. The van der Waals surface area contributed by atoms with E-state index in [-0.39, 0.29) is 6.10 Å². The standard InChI is InChI=1S/C17H18O/c1-13-10-11-16-14(12-13)6-5-9-17(16)18-15-7-3-2-4-8-15/h2-4,7-8,10-12,17H,5-6,9H2,1H3. The van der Waals surface area contributed by atoms with E-state index in [0.29, 0.717) is 0 Å². The fourth-order valence-electron chi connectivity index (χ4n) is 2.68. The Morgan fingerprint density at radius 3 is 2.72 bits per heavy atom. The van der Waals surface area contributed by atoms with Crippen molar-refractivity contribution in [3.05, 3.63) is 65.2 Å². The predicted octanol–water partition coefficient (Wildman–Crippen LogP) is 4.45. The minimum atomic E-state index is 0.219. The van der Waals surface area contributed by atoms with Gasteiger partial charge in [-0.2, -0.15) is 0 Å². The molecular weight excluding hydrogens is 220 g/mol. The Morgan fingerprint density at radius 1 is 1.06 bits per heavy atom. The van der Waals surface area contributed by atoms with Gasteiger partial charge in [-0.25, -0.2) is 0 Å². The monoisotopic (exact) mass is 238 g/mol. The summed E-state index contributed by atoms with van der Waals surface area (Å²) >= 11 is 0. The number of hydrogen-bond acceptors (Lipinski definition) is 1. The maximum Gasteiger partial charge on any atom is 0.124 e. The molecule has 3 rings (SSSR count). The van der Waals surface area contributed by atoms with Crippen LogP contribution in [0.1, 0.15) is 35.6 Å². The topological polar surface area (TPSA) is 9.23 Å². The van der Waals surface area contributed by atoms with Crippen LogP contribution in [0.15, 0.2) is 48.5 Å². The Bertz CT molecular complexity index is 531. The van der Waals surface area contributed by atoms with Crippen molar-refractivity contribution in [1.82, 2.24) is 0 Å². The third-order valence-electron chi connectivity index (χ3n) is 3.58. The zero-order valence-electron chi connectivity index (χ0n) is 10.7. The summed E-state index contributed by atoms with van der Waals surface area (Å²) < 4.78 is 6.12. The number of fused-ring (bicyclic) bond motifs is 1. The van der Waals surface area contributed by atoms with Crippen LogP contribution in [0.25, 0.3) is 0 Å². The van der Waals surface area contributed by atoms with Crippen LogP contribution < -0.4 is 4.74 Å². The minimum absolute atomic E-state index is 0.219. The Labute approximate surface area is 108 Å². The molecule has 0 fully saturated rings. The van der Waals surface area contributed by atoms with E-state index in [1.807, 2.05) is 30.3 Å². The van der Waals surface area contributed by atoms with Crippen molar-refractivity contribution in [3.8, 4) is 5.75 Å². The van der Waals surface area contributed by atoms with Crippen LogP contribution >= 0.6 is 0 Å². The summed E-state index contributed by atoms with van der Waals surface area (Å²) in [4.78, 5) is 0. The minimum Gasteiger partial charge on any atom is -0.486 e. The lowest BCUT2D eigenvalue weighted by atomic mass is 9.88. The van der Waals surface area contributed by atoms with E-state index in [4.69, 9.17) is 4.74 Å². The number of ether oxygens (including phenoxy) is 1. The van der Waals surface area contributed by atoms with Crippen LogP contribution in [-0.2, 0) is 6.42 Å². The largest absolute Gasteiger partial charge is 0.486 e. The molecule has 0 saturated heterocycles. The molecule has 0 bridgehead atoms. The van der Waals surface area contributed by atoms with E-state index in [1.54, 1.807) is 0 Å². The summed E-state index contributed by atoms with van der Waals surface area (Å²) in [7, 11) is 0. The molecule has 1 aliphatic rings. The first-order chi connectivity index (χ1) is 8.83. The predicted molar refractivity (Wildman–Crippen MR) is 73.9 cm³/mol. The molecule has 0 N–H and O–H groups in total. The lowest BCUT2D eigenvalue weighted by Gasteiger charge is -2.26. The number of hydrogen-bond donors (Lipinski definition) is 0. The molecule has 1 nitrogen and oxygen atoms in total. The Kier molecular flexibility index (Phi) is 3.06. The van der Waals surface area contributed by atoms with Gasteiger partial charge in [-0.3, -0.25) is 0 Å². The van der Waals surface area contributed by atoms with Gasteiger partial charge in [0.2, 0.25) is 0 Å². The summed E-state index contributed by atoms with van der Waals surface area (Å²) in [6.07, 6.45) is 3.74. The average Bonchev–Trinajstić information content (AvgIpc) is 2.40. The Hall–Kier alpha value is -1.76. The maximum absolute atomic E-state index is 6.12. The number of aryl methyl sites for hydroxylation is 2. The molecule has 2 aromatic carbocycles. The summed E-state index contributed by atoms with van der Waals surface area (Å²) in [5.74, 6) is 0.968. The van der Waals surface area contributed by atoms with Gasteiger partial charge in [0.1, 0.15) is 11.9 Å². The molecule has 1 unspecified atom stereocenters. The smallest absolute Gasteiger partial charge is 0.124 e. The van der Waals surface area contributed by atoms with Crippen molar-refractivity contribution in [2.75, 3.05) is 0 Å². The first kappa shape index (κ1) is 11.3. The van der Waals surface area contributed by atoms with Gasteiger partial charge in [0.25, 0.3) is 0 Å². The fraction of sp³-hybridized carbons (Fsp3) is 0.294. The van der Waals surface area contributed by atoms with E-state index < -0.39 is 0 Å². The van der Waals surface area contributed by atoms with Crippen LogP contribution in [-0.4, -0.2) is 0 Å². The highest BCUT2D eigenvalue weighted by molar-refractivity contribution is 5.36. The second kappa shape index (κ2) is 4.85. The van der Waals surface area contributed by atoms with Crippen molar-refractivity contribution >= 4 is 0 Å². The molecule has 0 amide bonds. The van der Waals surface area contributed by atoms with Crippen LogP contribution in [0.2, 0.25) is 0 Å². The third kappa shape index (κ3) is 2.26. The SMILES string of the molecule is Cc1ccc2c(c1)CCCC2Oc1ccccc1. The van der Waals surface area contributed by atoms with Gasteiger partial charge in [0.15, 0.2) is 0 Å². The highest BCUT2D eigenvalue weighted by Crippen LogP contribution is 2.33. The van der Waals surface area contributed by atoms with Crippen molar-refractivity contribution in [1.29, 1.82) is 0 Å². The van der Waals surface area contributed by atoms with E-state index in [0.717, 1.165) is 12.2 Å². The molecule has 0 spiro atoms. The zero-order chi connectivity index (χ0) is 12.4. The van der Waals surface area contributed by atoms with Gasteiger partial charge in [0.05, 0.1) is 0 Å². The Balaban J connectivity index is 1.87. The van der Waals surface area contributed by atoms with Gasteiger partial charge >= 0.3 is 0 Å². The van der Waals surface area contributed by atoms with Gasteiger partial charge < -0.3 is 4.74 Å². The first-order valence-corrected chi connectivity index (χ1v) is 6.64. The van der Waals surface area contributed by atoms with Crippen molar-refractivity contribution in [2.24, 2.45) is 0 Å². The molecule has 92 valence electrons. The van der Waals surface area contributed by atoms with Crippen molar-refractivity contribution in [3.63, 3.8) is 0 Å². The summed E-state index contributed by atoms with van der Waals surface area (Å²) in [5, 5.41) is 0. The second-order valence-corrected chi connectivity index (χ2v) is 5.01. The molecule has 0 radical (unpaired) electrons. The Morgan fingerprint density at radius 2 is 1.89 bits per heavy atom. The number of benzene rings is 2. The van der Waals surface area contributed by atoms with Gasteiger partial charge in [-0.1, -0.05) is 42.0 Å². The van der Waals surface area contributed by atoms with Gasteiger partial charge in [-0.15, -0.1) is 0 Å². The molecule has 2 aromatic rings. The van der Waals surface area contributed by atoms with E-state index >= 15 is 0 Å². The van der Waals surface area contributed by atoms with Gasteiger partial charge in [-0.05, 0) is 49.4 Å². The van der Waals surface area contributed by atoms with Crippen molar-refractivity contribution in [2.45, 2.75) is 32.3 Å². The fourth-order valence-corrected chi connectivity index (χ4v) is 2.68. The van der Waals surface area contributed by atoms with E-state index in [2.05, 4.69) is 25.1 Å². The molecule has 1 aliphatic carbocycles. The van der Waals surface area contributed by atoms with Crippen molar-refractivity contribution < 1.29 is 4.74 Å². The molecule has 1 atom stereocenters. The normalized spacial score (nSPS) is 18.2. The summed E-state index contributed by atoms with van der Waals surface area (Å²) in [5.41, 5.74) is 4.17. The van der Waals surface area contributed by atoms with Gasteiger partial charge in [0, 0.05) is 0 Å². The number of rotatable bonds is 2. The first-order valence-electron chi connectivity index (χ1n) is 6.64. The molecule has 18 heavy (non-hydrogen) atoms. The molecular formula is C17H18O. The van der Waals surface area contributed by atoms with E-state index in [1.165, 1.54) is 29.5 Å². The molecule has 0 heterocycles. The van der Waals surface area contributed by atoms with E-state index in [9.17, 15) is 0 Å². The quantitative estimate of drug-likeness (QED) is 0.751. The second-order valence-electron chi connectivity index (χ2n) is 5.01. The highest BCUT2D eigenvalue weighted by atomic mass is 16.5. The molecule has 1 heteroatoms. The lowest BCUT2D eigenvalue weighted by Crippen LogP contribution is -2.15. The highest BCUT2D eigenvalue weighted by Gasteiger charge is 2.21. The number of para-hydroxylation sites is 1. The van der Waals surface area contributed by atoms with Crippen LogP contribution in [0.4, 0.5) is 0 Å².